The third-order valence-corrected chi connectivity index (χ3v) is 7.56. The van der Waals surface area contributed by atoms with E-state index in [2.05, 4.69) is 5.32 Å². The third kappa shape index (κ3) is 4.38. The number of carbonyl (C=O) groups is 2. The minimum Gasteiger partial charge on any atom is -0.493 e. The summed E-state index contributed by atoms with van der Waals surface area (Å²) < 4.78 is 16.1. The van der Waals surface area contributed by atoms with Crippen molar-refractivity contribution in [2.24, 2.45) is 0 Å². The van der Waals surface area contributed by atoms with E-state index in [1.807, 2.05) is 17.5 Å². The maximum Gasteiger partial charge on any atom is 0.229 e. The molecule has 0 saturated heterocycles. The highest BCUT2D eigenvalue weighted by Gasteiger charge is 2.27. The highest BCUT2D eigenvalue weighted by atomic mass is 32.1. The van der Waals surface area contributed by atoms with Crippen LogP contribution in [0.4, 0.5) is 5.00 Å². The molecule has 32 heavy (non-hydrogen) atoms. The molecule has 0 radical (unpaired) electrons. The predicted molar refractivity (Wildman–Crippen MR) is 127 cm³/mol. The molecule has 2 heterocycles. The summed E-state index contributed by atoms with van der Waals surface area (Å²) in [6, 6.07) is 7.23. The van der Waals surface area contributed by atoms with E-state index < -0.39 is 0 Å². The quantitative estimate of drug-likeness (QED) is 0.461. The SMILES string of the molecule is COc1cc(CC(=O)Nc2sc3c(c2C(=O)c2cccs2)CCCC3)cc(OC)c1OC. The third-order valence-electron chi connectivity index (χ3n) is 5.49. The first kappa shape index (κ1) is 22.4. The zero-order valence-corrected chi connectivity index (χ0v) is 19.9. The Morgan fingerprint density at radius 1 is 1.03 bits per heavy atom. The molecule has 0 fully saturated rings. The van der Waals surface area contributed by atoms with Gasteiger partial charge in [0.2, 0.25) is 17.4 Å². The Kier molecular flexibility index (Phi) is 6.81. The van der Waals surface area contributed by atoms with E-state index >= 15 is 0 Å². The smallest absolute Gasteiger partial charge is 0.229 e. The van der Waals surface area contributed by atoms with Crippen molar-refractivity contribution in [2.45, 2.75) is 32.1 Å². The molecule has 0 spiro atoms. The van der Waals surface area contributed by atoms with Gasteiger partial charge in [-0.05, 0) is 60.4 Å². The van der Waals surface area contributed by atoms with Crippen LogP contribution in [0.15, 0.2) is 29.6 Å². The predicted octanol–water partition coefficient (Wildman–Crippen LogP) is 5.13. The molecule has 1 aliphatic rings. The number of hydrogen-bond donors (Lipinski definition) is 1. The number of thiophene rings is 2. The fourth-order valence-electron chi connectivity index (χ4n) is 4.02. The number of nitrogens with one attached hydrogen (secondary N) is 1. The topological polar surface area (TPSA) is 73.9 Å². The van der Waals surface area contributed by atoms with Gasteiger partial charge in [-0.1, -0.05) is 6.07 Å². The number of benzene rings is 1. The van der Waals surface area contributed by atoms with Crippen LogP contribution in [0.1, 0.15) is 44.1 Å². The Morgan fingerprint density at radius 3 is 2.38 bits per heavy atom. The summed E-state index contributed by atoms with van der Waals surface area (Å²) in [5.41, 5.74) is 2.48. The Bertz CT molecular complexity index is 1110. The first-order valence-electron chi connectivity index (χ1n) is 10.4. The van der Waals surface area contributed by atoms with Crippen molar-refractivity contribution in [2.75, 3.05) is 26.6 Å². The minimum absolute atomic E-state index is 0.0116. The van der Waals surface area contributed by atoms with Crippen LogP contribution >= 0.6 is 22.7 Å². The molecule has 6 nitrogen and oxygen atoms in total. The highest BCUT2D eigenvalue weighted by Crippen LogP contribution is 2.41. The molecular formula is C24H25NO5S2. The van der Waals surface area contributed by atoms with Gasteiger partial charge < -0.3 is 19.5 Å². The van der Waals surface area contributed by atoms with Gasteiger partial charge in [-0.3, -0.25) is 9.59 Å². The van der Waals surface area contributed by atoms with E-state index in [0.717, 1.165) is 36.8 Å². The second kappa shape index (κ2) is 9.75. The Labute approximate surface area is 195 Å². The average molecular weight is 472 g/mol. The first-order chi connectivity index (χ1) is 15.5. The lowest BCUT2D eigenvalue weighted by Crippen LogP contribution is -2.16. The van der Waals surface area contributed by atoms with Crippen molar-refractivity contribution in [1.29, 1.82) is 0 Å². The summed E-state index contributed by atoms with van der Waals surface area (Å²) in [7, 11) is 4.62. The fraction of sp³-hybridized carbons (Fsp3) is 0.333. The van der Waals surface area contributed by atoms with Gasteiger partial charge in [0.25, 0.3) is 0 Å². The van der Waals surface area contributed by atoms with E-state index in [1.54, 1.807) is 26.4 Å². The average Bonchev–Trinajstić information content (AvgIpc) is 3.45. The molecule has 0 unspecified atom stereocenters. The molecule has 1 aromatic carbocycles. The van der Waals surface area contributed by atoms with E-state index in [0.29, 0.717) is 32.7 Å². The van der Waals surface area contributed by atoms with E-state index in [9.17, 15) is 9.59 Å². The zero-order valence-electron chi connectivity index (χ0n) is 18.3. The standard InChI is InChI=1S/C24H25NO5S2/c1-28-16-11-14(12-17(29-2)23(16)30-3)13-20(26)25-24-21(22(27)19-9-6-10-31-19)15-7-4-5-8-18(15)32-24/h6,9-12H,4-5,7-8,13H2,1-3H3,(H,25,26). The monoisotopic (exact) mass is 471 g/mol. The van der Waals surface area contributed by atoms with Crippen LogP contribution in [-0.4, -0.2) is 33.0 Å². The molecule has 1 aliphatic carbocycles. The summed E-state index contributed by atoms with van der Waals surface area (Å²) in [5, 5.41) is 5.56. The second-order valence-electron chi connectivity index (χ2n) is 7.48. The molecular weight excluding hydrogens is 446 g/mol. The molecule has 0 saturated carbocycles. The van der Waals surface area contributed by atoms with Crippen molar-refractivity contribution >= 4 is 39.4 Å². The van der Waals surface area contributed by atoms with Crippen LogP contribution in [0.25, 0.3) is 0 Å². The molecule has 2 aromatic heterocycles. The molecule has 0 aliphatic heterocycles. The van der Waals surface area contributed by atoms with E-state index in [1.165, 1.54) is 34.7 Å². The van der Waals surface area contributed by atoms with Crippen molar-refractivity contribution in [3.63, 3.8) is 0 Å². The first-order valence-corrected chi connectivity index (χ1v) is 12.1. The minimum atomic E-state index is -0.196. The maximum absolute atomic E-state index is 13.3. The van der Waals surface area contributed by atoms with Gasteiger partial charge in [-0.2, -0.15) is 0 Å². The molecule has 1 amide bonds. The molecule has 0 bridgehead atoms. The van der Waals surface area contributed by atoms with Gasteiger partial charge in [0.1, 0.15) is 5.00 Å². The number of anilines is 1. The molecule has 3 aromatic rings. The normalized spacial score (nSPS) is 12.7. The number of amides is 1. The number of carbonyl (C=O) groups excluding carboxylic acids is 2. The van der Waals surface area contributed by atoms with Gasteiger partial charge in [-0.25, -0.2) is 0 Å². The molecule has 168 valence electrons. The number of ketones is 1. The van der Waals surface area contributed by atoms with Crippen molar-refractivity contribution in [3.8, 4) is 17.2 Å². The molecule has 4 rings (SSSR count). The van der Waals surface area contributed by atoms with Gasteiger partial charge in [-0.15, -0.1) is 22.7 Å². The Balaban J connectivity index is 1.61. The number of hydrogen-bond acceptors (Lipinski definition) is 7. The van der Waals surface area contributed by atoms with Crippen LogP contribution in [0.5, 0.6) is 17.2 Å². The summed E-state index contributed by atoms with van der Waals surface area (Å²) in [6.07, 6.45) is 4.12. The summed E-state index contributed by atoms with van der Waals surface area (Å²) in [4.78, 5) is 28.1. The lowest BCUT2D eigenvalue weighted by Gasteiger charge is -2.14. The van der Waals surface area contributed by atoms with Gasteiger partial charge >= 0.3 is 0 Å². The fourth-order valence-corrected chi connectivity index (χ4v) is 5.99. The van der Waals surface area contributed by atoms with Gasteiger partial charge in [0.15, 0.2) is 11.5 Å². The van der Waals surface area contributed by atoms with Crippen LogP contribution in [0.3, 0.4) is 0 Å². The molecule has 1 N–H and O–H groups in total. The lowest BCUT2D eigenvalue weighted by molar-refractivity contribution is -0.115. The number of fused-ring (bicyclic) bond motifs is 1. The van der Waals surface area contributed by atoms with Gasteiger partial charge in [0, 0.05) is 4.88 Å². The number of aryl methyl sites for hydroxylation is 1. The van der Waals surface area contributed by atoms with Crippen LogP contribution in [-0.2, 0) is 24.1 Å². The Morgan fingerprint density at radius 2 is 1.75 bits per heavy atom. The summed E-state index contributed by atoms with van der Waals surface area (Å²) in [6.45, 7) is 0. The zero-order chi connectivity index (χ0) is 22.7. The number of methoxy groups -OCH3 is 3. The summed E-state index contributed by atoms with van der Waals surface area (Å²) >= 11 is 2.95. The lowest BCUT2D eigenvalue weighted by atomic mass is 9.93. The molecule has 0 atom stereocenters. The number of ether oxygens (including phenoxy) is 3. The van der Waals surface area contributed by atoms with Crippen molar-refractivity contribution in [3.05, 3.63) is 56.1 Å². The summed E-state index contributed by atoms with van der Waals surface area (Å²) in [5.74, 6) is 1.26. The maximum atomic E-state index is 13.3. The van der Waals surface area contributed by atoms with E-state index in [4.69, 9.17) is 14.2 Å². The second-order valence-corrected chi connectivity index (χ2v) is 9.53. The van der Waals surface area contributed by atoms with Crippen LogP contribution in [0, 0.1) is 0 Å². The largest absolute Gasteiger partial charge is 0.493 e. The van der Waals surface area contributed by atoms with Crippen molar-refractivity contribution < 1.29 is 23.8 Å². The molecule has 8 heteroatoms. The Hall–Kier alpha value is -2.84. The van der Waals surface area contributed by atoms with E-state index in [-0.39, 0.29) is 18.1 Å². The highest BCUT2D eigenvalue weighted by molar-refractivity contribution is 7.17. The van der Waals surface area contributed by atoms with Crippen LogP contribution in [0.2, 0.25) is 0 Å². The van der Waals surface area contributed by atoms with Gasteiger partial charge in [0.05, 0.1) is 38.2 Å². The number of rotatable bonds is 8. The van der Waals surface area contributed by atoms with Crippen LogP contribution < -0.4 is 19.5 Å². The van der Waals surface area contributed by atoms with Crippen molar-refractivity contribution in [1.82, 2.24) is 0 Å².